The van der Waals surface area contributed by atoms with E-state index in [9.17, 15) is 0 Å². The molecule has 1 saturated carbocycles. The molecule has 0 radical (unpaired) electrons. The van der Waals surface area contributed by atoms with E-state index in [4.69, 9.17) is 4.74 Å². The first-order chi connectivity index (χ1) is 8.88. The number of methoxy groups -OCH3 is 1. The van der Waals surface area contributed by atoms with E-state index in [2.05, 4.69) is 29.6 Å². The molecule has 0 aliphatic heterocycles. The summed E-state index contributed by atoms with van der Waals surface area (Å²) in [6, 6.07) is 9.35. The van der Waals surface area contributed by atoms with E-state index in [0.717, 1.165) is 11.8 Å². The number of quaternary nitrogens is 1. The van der Waals surface area contributed by atoms with Crippen LogP contribution in [-0.4, -0.2) is 19.7 Å². The highest BCUT2D eigenvalue weighted by Gasteiger charge is 2.13. The van der Waals surface area contributed by atoms with Crippen molar-refractivity contribution in [1.82, 2.24) is 0 Å². The van der Waals surface area contributed by atoms with Crippen LogP contribution in [0.3, 0.4) is 0 Å². The zero-order chi connectivity index (χ0) is 12.6. The molecule has 0 saturated heterocycles. The summed E-state index contributed by atoms with van der Waals surface area (Å²) in [5.74, 6) is 0.950. The van der Waals surface area contributed by atoms with Crippen molar-refractivity contribution in [2.75, 3.05) is 13.7 Å². The Morgan fingerprint density at radius 1 is 1.06 bits per heavy atom. The van der Waals surface area contributed by atoms with Crippen molar-refractivity contribution in [3.05, 3.63) is 29.8 Å². The highest BCUT2D eigenvalue weighted by Crippen LogP contribution is 2.15. The number of benzene rings is 1. The third kappa shape index (κ3) is 4.34. The molecule has 2 heteroatoms. The molecule has 0 atom stereocenters. The van der Waals surface area contributed by atoms with Crippen molar-refractivity contribution in [3.8, 4) is 5.75 Å². The van der Waals surface area contributed by atoms with Gasteiger partial charge in [0.2, 0.25) is 0 Å². The molecule has 0 aromatic heterocycles. The predicted molar refractivity (Wildman–Crippen MR) is 75.0 cm³/mol. The van der Waals surface area contributed by atoms with Gasteiger partial charge in [0.05, 0.1) is 19.7 Å². The van der Waals surface area contributed by atoms with Crippen LogP contribution in [0.2, 0.25) is 0 Å². The van der Waals surface area contributed by atoms with Crippen molar-refractivity contribution in [3.63, 3.8) is 0 Å². The van der Waals surface area contributed by atoms with Gasteiger partial charge in [-0.3, -0.25) is 0 Å². The lowest BCUT2D eigenvalue weighted by Crippen LogP contribution is -2.90. The van der Waals surface area contributed by atoms with Crippen molar-refractivity contribution < 1.29 is 10.1 Å². The standard InChI is InChI=1S/C16H25NO/c1-18-16-10-8-14(9-11-16)12-13-17-15-6-4-2-3-5-7-15/h8-11,15,17H,2-7,12-13H2,1H3/p+1. The Hall–Kier alpha value is -1.02. The lowest BCUT2D eigenvalue weighted by Gasteiger charge is -2.12. The summed E-state index contributed by atoms with van der Waals surface area (Å²) in [5.41, 5.74) is 1.42. The third-order valence-electron chi connectivity index (χ3n) is 3.99. The van der Waals surface area contributed by atoms with E-state index in [1.807, 2.05) is 0 Å². The van der Waals surface area contributed by atoms with E-state index in [0.29, 0.717) is 0 Å². The average Bonchev–Trinajstić information content (AvgIpc) is 2.68. The molecule has 100 valence electrons. The van der Waals surface area contributed by atoms with E-state index >= 15 is 0 Å². The Labute approximate surface area is 111 Å². The van der Waals surface area contributed by atoms with E-state index in [1.165, 1.54) is 57.1 Å². The largest absolute Gasteiger partial charge is 0.497 e. The normalized spacial score (nSPS) is 17.4. The van der Waals surface area contributed by atoms with Crippen LogP contribution < -0.4 is 10.1 Å². The van der Waals surface area contributed by atoms with Gasteiger partial charge in [-0.1, -0.05) is 25.0 Å². The summed E-state index contributed by atoms with van der Waals surface area (Å²) in [7, 11) is 1.72. The maximum absolute atomic E-state index is 5.17. The summed E-state index contributed by atoms with van der Waals surface area (Å²) in [6.07, 6.45) is 9.77. The molecule has 1 aliphatic rings. The van der Waals surface area contributed by atoms with Crippen LogP contribution in [0.4, 0.5) is 0 Å². The van der Waals surface area contributed by atoms with Crippen LogP contribution in [0, 0.1) is 0 Å². The topological polar surface area (TPSA) is 25.8 Å². The van der Waals surface area contributed by atoms with Crippen LogP contribution in [0.5, 0.6) is 5.75 Å². The highest BCUT2D eigenvalue weighted by atomic mass is 16.5. The number of nitrogens with two attached hydrogens (primary N) is 1. The molecule has 0 heterocycles. The van der Waals surface area contributed by atoms with Crippen LogP contribution >= 0.6 is 0 Å². The van der Waals surface area contributed by atoms with E-state index < -0.39 is 0 Å². The lowest BCUT2D eigenvalue weighted by molar-refractivity contribution is -0.690. The van der Waals surface area contributed by atoms with Gasteiger partial charge in [-0.05, 0) is 43.4 Å². The van der Waals surface area contributed by atoms with Gasteiger partial charge in [-0.2, -0.15) is 0 Å². The van der Waals surface area contributed by atoms with E-state index in [1.54, 1.807) is 7.11 Å². The Bertz CT molecular complexity index is 325. The minimum absolute atomic E-state index is 0.880. The first kappa shape index (κ1) is 13.4. The molecule has 2 rings (SSSR count). The second-order valence-corrected chi connectivity index (χ2v) is 5.37. The Morgan fingerprint density at radius 2 is 1.72 bits per heavy atom. The van der Waals surface area contributed by atoms with Gasteiger partial charge in [-0.25, -0.2) is 0 Å². The van der Waals surface area contributed by atoms with Crippen LogP contribution in [-0.2, 0) is 6.42 Å². The molecule has 0 unspecified atom stereocenters. The number of rotatable bonds is 5. The quantitative estimate of drug-likeness (QED) is 0.796. The van der Waals surface area contributed by atoms with Gasteiger partial charge in [0.15, 0.2) is 0 Å². The van der Waals surface area contributed by atoms with Gasteiger partial charge >= 0.3 is 0 Å². The molecule has 1 aromatic carbocycles. The zero-order valence-corrected chi connectivity index (χ0v) is 11.5. The molecule has 1 fully saturated rings. The second kappa shape index (κ2) is 7.42. The molecule has 2 nitrogen and oxygen atoms in total. The number of hydrogen-bond acceptors (Lipinski definition) is 1. The maximum atomic E-state index is 5.17. The van der Waals surface area contributed by atoms with Gasteiger partial charge in [0, 0.05) is 6.42 Å². The highest BCUT2D eigenvalue weighted by molar-refractivity contribution is 5.27. The first-order valence-electron chi connectivity index (χ1n) is 7.35. The lowest BCUT2D eigenvalue weighted by atomic mass is 10.1. The van der Waals surface area contributed by atoms with Crippen LogP contribution in [0.1, 0.15) is 44.1 Å². The fourth-order valence-corrected chi connectivity index (χ4v) is 2.82. The van der Waals surface area contributed by atoms with Gasteiger partial charge in [0.1, 0.15) is 5.75 Å². The molecule has 18 heavy (non-hydrogen) atoms. The minimum atomic E-state index is 0.880. The molecule has 0 bridgehead atoms. The Kier molecular flexibility index (Phi) is 5.53. The second-order valence-electron chi connectivity index (χ2n) is 5.37. The summed E-state index contributed by atoms with van der Waals surface area (Å²) >= 11 is 0. The summed E-state index contributed by atoms with van der Waals surface area (Å²) < 4.78 is 5.17. The molecule has 0 amide bonds. The Morgan fingerprint density at radius 3 is 2.33 bits per heavy atom. The van der Waals surface area contributed by atoms with Gasteiger partial charge < -0.3 is 10.1 Å². The molecule has 1 aliphatic carbocycles. The van der Waals surface area contributed by atoms with Gasteiger partial charge in [0.25, 0.3) is 0 Å². The summed E-state index contributed by atoms with van der Waals surface area (Å²) in [4.78, 5) is 0. The van der Waals surface area contributed by atoms with Crippen molar-refractivity contribution >= 4 is 0 Å². The van der Waals surface area contributed by atoms with E-state index in [-0.39, 0.29) is 0 Å². The third-order valence-corrected chi connectivity index (χ3v) is 3.99. The SMILES string of the molecule is COc1ccc(CC[NH2+]C2CCCCCC2)cc1. The minimum Gasteiger partial charge on any atom is -0.497 e. The van der Waals surface area contributed by atoms with Crippen LogP contribution in [0.25, 0.3) is 0 Å². The molecule has 2 N–H and O–H groups in total. The average molecular weight is 248 g/mol. The predicted octanol–water partition coefficient (Wildman–Crippen LogP) is 2.52. The molecular weight excluding hydrogens is 222 g/mol. The smallest absolute Gasteiger partial charge is 0.118 e. The fraction of sp³-hybridized carbons (Fsp3) is 0.625. The number of ether oxygens (including phenoxy) is 1. The van der Waals surface area contributed by atoms with Crippen LogP contribution in [0.15, 0.2) is 24.3 Å². The van der Waals surface area contributed by atoms with Crippen molar-refractivity contribution in [2.45, 2.75) is 51.0 Å². The molecule has 0 spiro atoms. The van der Waals surface area contributed by atoms with Gasteiger partial charge in [-0.15, -0.1) is 0 Å². The summed E-state index contributed by atoms with van der Waals surface area (Å²) in [6.45, 7) is 1.22. The maximum Gasteiger partial charge on any atom is 0.118 e. The summed E-state index contributed by atoms with van der Waals surface area (Å²) in [5, 5.41) is 2.57. The molecule has 1 aromatic rings. The monoisotopic (exact) mass is 248 g/mol. The molecular formula is C16H26NO+. The number of hydrogen-bond donors (Lipinski definition) is 1. The van der Waals surface area contributed by atoms with Crippen molar-refractivity contribution in [2.24, 2.45) is 0 Å². The fourth-order valence-electron chi connectivity index (χ4n) is 2.82. The first-order valence-corrected chi connectivity index (χ1v) is 7.35. The Balaban J connectivity index is 1.70. The van der Waals surface area contributed by atoms with Crippen molar-refractivity contribution in [1.29, 1.82) is 0 Å². The zero-order valence-electron chi connectivity index (χ0n) is 11.5.